The first-order chi connectivity index (χ1) is 18.6. The van der Waals surface area contributed by atoms with Crippen molar-refractivity contribution in [2.45, 2.75) is 64.4 Å². The molecule has 1 N–H and O–H groups in total. The van der Waals surface area contributed by atoms with Crippen LogP contribution in [0.4, 0.5) is 0 Å². The summed E-state index contributed by atoms with van der Waals surface area (Å²) in [6.07, 6.45) is -1.75. The summed E-state index contributed by atoms with van der Waals surface area (Å²) >= 11 is 0. The Hall–Kier alpha value is -2.84. The van der Waals surface area contributed by atoms with Crippen LogP contribution in [0.3, 0.4) is 0 Å². The Kier molecular flexibility index (Phi) is 11.1. The molecule has 1 saturated heterocycles. The monoisotopic (exact) mass is 518 g/mol. The highest BCUT2D eigenvalue weighted by Gasteiger charge is 2.47. The van der Waals surface area contributed by atoms with E-state index in [9.17, 15) is 5.11 Å². The number of aliphatic hydroxyl groups is 1. The molecule has 0 bridgehead atoms. The molecule has 38 heavy (non-hydrogen) atoms. The zero-order valence-corrected chi connectivity index (χ0v) is 22.1. The van der Waals surface area contributed by atoms with Crippen LogP contribution in [0.1, 0.15) is 30.5 Å². The first-order valence-corrected chi connectivity index (χ1v) is 13.1. The van der Waals surface area contributed by atoms with E-state index in [1.165, 1.54) is 0 Å². The van der Waals surface area contributed by atoms with Gasteiger partial charge in [0.2, 0.25) is 0 Å². The standard InChI is InChI=1S/C32H38O6/c1-24(2)18-19-35-32-29(33)31(37-22-27-16-10-5-11-17-27)30(36-21-26-14-8-4-9-15-26)28(38-32)23-34-20-25-12-6-3-7-13-25/h3-18,28-33H,19-23H2,1-2H3/t28-,29-,30-,31-,32-/m1/s1. The van der Waals surface area contributed by atoms with Crippen LogP contribution >= 0.6 is 0 Å². The van der Waals surface area contributed by atoms with Crippen LogP contribution in [-0.4, -0.2) is 49.0 Å². The minimum atomic E-state index is -1.05. The third kappa shape index (κ3) is 8.60. The van der Waals surface area contributed by atoms with Crippen molar-refractivity contribution in [1.29, 1.82) is 0 Å². The van der Waals surface area contributed by atoms with Crippen LogP contribution in [0.15, 0.2) is 103 Å². The maximum absolute atomic E-state index is 11.3. The van der Waals surface area contributed by atoms with Gasteiger partial charge in [0.1, 0.15) is 24.4 Å². The molecule has 0 aliphatic carbocycles. The second-order valence-electron chi connectivity index (χ2n) is 9.67. The molecular formula is C32H38O6. The van der Waals surface area contributed by atoms with Crippen molar-refractivity contribution >= 4 is 0 Å². The minimum Gasteiger partial charge on any atom is -0.385 e. The van der Waals surface area contributed by atoms with Crippen LogP contribution < -0.4 is 0 Å². The molecule has 0 aromatic heterocycles. The van der Waals surface area contributed by atoms with Crippen molar-refractivity contribution in [3.63, 3.8) is 0 Å². The Balaban J connectivity index is 1.52. The summed E-state index contributed by atoms with van der Waals surface area (Å²) in [7, 11) is 0. The summed E-state index contributed by atoms with van der Waals surface area (Å²) in [6, 6.07) is 29.8. The van der Waals surface area contributed by atoms with Gasteiger partial charge in [0.15, 0.2) is 6.29 Å². The van der Waals surface area contributed by atoms with Gasteiger partial charge in [0.25, 0.3) is 0 Å². The average molecular weight is 519 g/mol. The summed E-state index contributed by atoms with van der Waals surface area (Å²) < 4.78 is 31.0. The van der Waals surface area contributed by atoms with Gasteiger partial charge in [-0.3, -0.25) is 0 Å². The maximum Gasteiger partial charge on any atom is 0.187 e. The molecular weight excluding hydrogens is 480 g/mol. The fourth-order valence-corrected chi connectivity index (χ4v) is 4.27. The highest BCUT2D eigenvalue weighted by molar-refractivity contribution is 5.15. The van der Waals surface area contributed by atoms with Crippen LogP contribution in [-0.2, 0) is 43.5 Å². The molecule has 5 atom stereocenters. The highest BCUT2D eigenvalue weighted by atomic mass is 16.7. The molecule has 3 aromatic rings. The summed E-state index contributed by atoms with van der Waals surface area (Å²) in [5.74, 6) is 0. The topological polar surface area (TPSA) is 66.4 Å². The molecule has 1 fully saturated rings. The zero-order chi connectivity index (χ0) is 26.6. The minimum absolute atomic E-state index is 0.259. The molecule has 6 heteroatoms. The molecule has 1 aliphatic heterocycles. The average Bonchev–Trinajstić information content (AvgIpc) is 2.94. The van der Waals surface area contributed by atoms with Crippen molar-refractivity contribution < 1.29 is 28.8 Å². The molecule has 0 saturated carbocycles. The molecule has 1 aliphatic rings. The number of aliphatic hydroxyl groups excluding tert-OH is 1. The smallest absolute Gasteiger partial charge is 0.187 e. The lowest BCUT2D eigenvalue weighted by molar-refractivity contribution is -0.316. The van der Waals surface area contributed by atoms with E-state index < -0.39 is 30.7 Å². The van der Waals surface area contributed by atoms with Gasteiger partial charge < -0.3 is 28.8 Å². The molecule has 0 radical (unpaired) electrons. The van der Waals surface area contributed by atoms with Gasteiger partial charge in [-0.1, -0.05) is 103 Å². The van der Waals surface area contributed by atoms with Crippen molar-refractivity contribution in [1.82, 2.24) is 0 Å². The maximum atomic E-state index is 11.3. The van der Waals surface area contributed by atoms with Crippen LogP contribution in [0.5, 0.6) is 0 Å². The van der Waals surface area contributed by atoms with Gasteiger partial charge in [0.05, 0.1) is 33.0 Å². The molecule has 0 spiro atoms. The second kappa shape index (κ2) is 14.9. The molecule has 1 heterocycles. The van der Waals surface area contributed by atoms with E-state index in [0.29, 0.717) is 26.4 Å². The van der Waals surface area contributed by atoms with E-state index in [1.54, 1.807) is 0 Å². The predicted octanol–water partition coefficient (Wildman–Crippen LogP) is 5.44. The van der Waals surface area contributed by atoms with Crippen molar-refractivity contribution in [2.75, 3.05) is 13.2 Å². The van der Waals surface area contributed by atoms with Gasteiger partial charge in [-0.2, -0.15) is 0 Å². The fraction of sp³-hybridized carbons (Fsp3) is 0.375. The number of hydrogen-bond acceptors (Lipinski definition) is 6. The Morgan fingerprint density at radius 1 is 0.711 bits per heavy atom. The van der Waals surface area contributed by atoms with E-state index in [4.69, 9.17) is 23.7 Å². The molecule has 0 amide bonds. The highest BCUT2D eigenvalue weighted by Crippen LogP contribution is 2.29. The Labute approximate surface area is 225 Å². The van der Waals surface area contributed by atoms with Crippen molar-refractivity contribution in [3.05, 3.63) is 119 Å². The lowest BCUT2D eigenvalue weighted by atomic mass is 9.98. The predicted molar refractivity (Wildman–Crippen MR) is 146 cm³/mol. The second-order valence-corrected chi connectivity index (χ2v) is 9.67. The first kappa shape index (κ1) is 28.2. The van der Waals surface area contributed by atoms with Gasteiger partial charge >= 0.3 is 0 Å². The molecule has 3 aromatic carbocycles. The van der Waals surface area contributed by atoms with Crippen LogP contribution in [0.25, 0.3) is 0 Å². The Morgan fingerprint density at radius 3 is 1.74 bits per heavy atom. The molecule has 6 nitrogen and oxygen atoms in total. The summed E-state index contributed by atoms with van der Waals surface area (Å²) in [5.41, 5.74) is 4.22. The zero-order valence-electron chi connectivity index (χ0n) is 22.1. The first-order valence-electron chi connectivity index (χ1n) is 13.1. The summed E-state index contributed by atoms with van der Waals surface area (Å²) in [5, 5.41) is 11.3. The van der Waals surface area contributed by atoms with E-state index in [-0.39, 0.29) is 6.61 Å². The number of hydrogen-bond donors (Lipinski definition) is 1. The third-order valence-corrected chi connectivity index (χ3v) is 6.33. The van der Waals surface area contributed by atoms with Crippen molar-refractivity contribution in [2.24, 2.45) is 0 Å². The number of rotatable bonds is 13. The SMILES string of the molecule is CC(C)=CCO[C@@H]1O[C@H](COCc2ccccc2)[C@@H](OCc2ccccc2)[C@H](OCc2ccccc2)[C@H]1O. The fourth-order valence-electron chi connectivity index (χ4n) is 4.27. The van der Waals surface area contributed by atoms with E-state index in [1.807, 2.05) is 111 Å². The molecule has 4 rings (SSSR count). The van der Waals surface area contributed by atoms with Crippen LogP contribution in [0, 0.1) is 0 Å². The normalized spacial score (nSPS) is 23.2. The number of ether oxygens (including phenoxy) is 5. The van der Waals surface area contributed by atoms with E-state index >= 15 is 0 Å². The van der Waals surface area contributed by atoms with Gasteiger partial charge in [-0.25, -0.2) is 0 Å². The van der Waals surface area contributed by atoms with Crippen LogP contribution in [0.2, 0.25) is 0 Å². The number of allylic oxidation sites excluding steroid dienone is 1. The van der Waals surface area contributed by atoms with Gasteiger partial charge in [-0.15, -0.1) is 0 Å². The van der Waals surface area contributed by atoms with Gasteiger partial charge in [0, 0.05) is 0 Å². The Bertz CT molecular complexity index is 1080. The summed E-state index contributed by atoms with van der Waals surface area (Å²) in [4.78, 5) is 0. The Morgan fingerprint density at radius 2 is 1.21 bits per heavy atom. The lowest BCUT2D eigenvalue weighted by Crippen LogP contribution is -2.61. The molecule has 202 valence electrons. The summed E-state index contributed by atoms with van der Waals surface area (Å²) in [6.45, 7) is 5.70. The number of benzene rings is 3. The van der Waals surface area contributed by atoms with E-state index in [0.717, 1.165) is 22.3 Å². The van der Waals surface area contributed by atoms with Crippen molar-refractivity contribution in [3.8, 4) is 0 Å². The lowest BCUT2D eigenvalue weighted by Gasteiger charge is -2.44. The van der Waals surface area contributed by atoms with Gasteiger partial charge in [-0.05, 0) is 30.5 Å². The molecule has 0 unspecified atom stereocenters. The third-order valence-electron chi connectivity index (χ3n) is 6.33. The quantitative estimate of drug-likeness (QED) is 0.304. The van der Waals surface area contributed by atoms with E-state index in [2.05, 4.69) is 0 Å². The largest absolute Gasteiger partial charge is 0.385 e.